The van der Waals surface area contributed by atoms with Crippen LogP contribution in [-0.2, 0) is 18.3 Å². The highest BCUT2D eigenvalue weighted by molar-refractivity contribution is 6.33. The zero-order chi connectivity index (χ0) is 17.4. The van der Waals surface area contributed by atoms with E-state index >= 15 is 0 Å². The maximum atomic E-state index is 11.6. The number of anilines is 2. The zero-order valence-corrected chi connectivity index (χ0v) is 15.0. The van der Waals surface area contributed by atoms with Gasteiger partial charge in [0.15, 0.2) is 0 Å². The SMILES string of the molecule is Cn1cc2c(n1)CCCC2Nc1ccc(N2CCNC(=O)C2)c(Cl)c1. The minimum Gasteiger partial charge on any atom is -0.378 e. The molecule has 2 heterocycles. The Morgan fingerprint density at radius 2 is 2.28 bits per heavy atom. The minimum atomic E-state index is 0.0378. The Balaban J connectivity index is 1.52. The third kappa shape index (κ3) is 3.31. The smallest absolute Gasteiger partial charge is 0.239 e. The normalized spacial score (nSPS) is 20.2. The highest BCUT2D eigenvalue weighted by Crippen LogP contribution is 2.34. The van der Waals surface area contributed by atoms with Gasteiger partial charge in [-0.1, -0.05) is 11.6 Å². The first-order chi connectivity index (χ1) is 12.1. The van der Waals surface area contributed by atoms with Crippen molar-refractivity contribution in [3.05, 3.63) is 40.7 Å². The van der Waals surface area contributed by atoms with Gasteiger partial charge in [-0.15, -0.1) is 0 Å². The topological polar surface area (TPSA) is 62.2 Å². The average Bonchev–Trinajstić information content (AvgIpc) is 2.96. The number of nitrogens with zero attached hydrogens (tertiary/aromatic N) is 3. The van der Waals surface area contributed by atoms with Crippen LogP contribution in [0.4, 0.5) is 11.4 Å². The molecule has 0 radical (unpaired) electrons. The van der Waals surface area contributed by atoms with Crippen molar-refractivity contribution in [2.75, 3.05) is 29.9 Å². The van der Waals surface area contributed by atoms with Gasteiger partial charge >= 0.3 is 0 Å². The first-order valence-corrected chi connectivity index (χ1v) is 9.08. The van der Waals surface area contributed by atoms with Gasteiger partial charge in [0.2, 0.25) is 5.91 Å². The predicted octanol–water partition coefficient (Wildman–Crippen LogP) is 2.50. The fraction of sp³-hybridized carbons (Fsp3) is 0.444. The second-order valence-electron chi connectivity index (χ2n) is 6.73. The summed E-state index contributed by atoms with van der Waals surface area (Å²) in [5.41, 5.74) is 4.37. The van der Waals surface area contributed by atoms with Crippen LogP contribution in [0.5, 0.6) is 0 Å². The Labute approximate surface area is 152 Å². The van der Waals surface area contributed by atoms with E-state index in [1.807, 2.05) is 34.8 Å². The van der Waals surface area contributed by atoms with Crippen molar-refractivity contribution in [3.63, 3.8) is 0 Å². The molecule has 0 spiro atoms. The lowest BCUT2D eigenvalue weighted by molar-refractivity contribution is -0.120. The molecule has 1 aliphatic heterocycles. The fourth-order valence-corrected chi connectivity index (χ4v) is 4.02. The molecule has 2 aliphatic rings. The maximum absolute atomic E-state index is 11.6. The largest absolute Gasteiger partial charge is 0.378 e. The Hall–Kier alpha value is -2.21. The molecule has 1 fully saturated rings. The van der Waals surface area contributed by atoms with Crippen LogP contribution in [0.1, 0.15) is 30.1 Å². The second kappa shape index (κ2) is 6.59. The number of nitrogens with one attached hydrogen (secondary N) is 2. The number of carbonyl (C=O) groups is 1. The van der Waals surface area contributed by atoms with E-state index in [2.05, 4.69) is 21.9 Å². The molecule has 1 unspecified atom stereocenters. The third-order valence-electron chi connectivity index (χ3n) is 4.89. The summed E-state index contributed by atoms with van der Waals surface area (Å²) in [6.07, 6.45) is 5.38. The Kier molecular flexibility index (Phi) is 4.29. The van der Waals surface area contributed by atoms with Crippen molar-refractivity contribution in [1.82, 2.24) is 15.1 Å². The third-order valence-corrected chi connectivity index (χ3v) is 5.19. The number of aryl methyl sites for hydroxylation is 2. The molecule has 4 rings (SSSR count). The highest BCUT2D eigenvalue weighted by atomic mass is 35.5. The van der Waals surface area contributed by atoms with Crippen LogP contribution in [-0.4, -0.2) is 35.3 Å². The molecular formula is C18H22ClN5O. The number of hydrogen-bond acceptors (Lipinski definition) is 4. The van der Waals surface area contributed by atoms with Crippen LogP contribution in [0.15, 0.2) is 24.4 Å². The van der Waals surface area contributed by atoms with Crippen molar-refractivity contribution in [1.29, 1.82) is 0 Å². The molecule has 1 aromatic heterocycles. The van der Waals surface area contributed by atoms with Gasteiger partial charge < -0.3 is 15.5 Å². The summed E-state index contributed by atoms with van der Waals surface area (Å²) < 4.78 is 1.89. The molecule has 2 N–H and O–H groups in total. The van der Waals surface area contributed by atoms with Crippen LogP contribution in [0, 0.1) is 0 Å². The number of rotatable bonds is 3. The Morgan fingerprint density at radius 3 is 3.08 bits per heavy atom. The lowest BCUT2D eigenvalue weighted by atomic mass is 9.93. The molecule has 1 amide bonds. The van der Waals surface area contributed by atoms with E-state index in [-0.39, 0.29) is 11.9 Å². The molecule has 6 nitrogen and oxygen atoms in total. The van der Waals surface area contributed by atoms with Gasteiger partial charge in [-0.25, -0.2) is 0 Å². The van der Waals surface area contributed by atoms with Crippen LogP contribution < -0.4 is 15.5 Å². The number of hydrogen-bond donors (Lipinski definition) is 2. The van der Waals surface area contributed by atoms with Gasteiger partial charge in [0, 0.05) is 37.6 Å². The van der Waals surface area contributed by atoms with Gasteiger partial charge in [0.1, 0.15) is 0 Å². The number of amides is 1. The molecule has 1 aromatic carbocycles. The summed E-state index contributed by atoms with van der Waals surface area (Å²) in [6.45, 7) is 1.79. The van der Waals surface area contributed by atoms with Gasteiger partial charge in [-0.2, -0.15) is 5.10 Å². The number of benzene rings is 1. The Morgan fingerprint density at radius 1 is 1.40 bits per heavy atom. The standard InChI is InChI=1S/C18H22ClN5O/c1-23-10-13-15(3-2-4-16(13)22-23)21-12-5-6-17(14(19)9-12)24-8-7-20-18(25)11-24/h5-6,9-10,15,21H,2-4,7-8,11H2,1H3,(H,20,25). The number of halogens is 1. The summed E-state index contributed by atoms with van der Waals surface area (Å²) in [6, 6.07) is 6.25. The fourth-order valence-electron chi connectivity index (χ4n) is 3.72. The molecule has 1 aliphatic carbocycles. The van der Waals surface area contributed by atoms with E-state index < -0.39 is 0 Å². The van der Waals surface area contributed by atoms with Crippen molar-refractivity contribution in [2.24, 2.45) is 7.05 Å². The monoisotopic (exact) mass is 359 g/mol. The van der Waals surface area contributed by atoms with Crippen LogP contribution in [0.3, 0.4) is 0 Å². The molecule has 1 saturated heterocycles. The molecule has 1 atom stereocenters. The van der Waals surface area contributed by atoms with Gasteiger partial charge in [-0.05, 0) is 37.5 Å². The highest BCUT2D eigenvalue weighted by Gasteiger charge is 2.24. The number of carbonyl (C=O) groups excluding carboxylic acids is 1. The summed E-state index contributed by atoms with van der Waals surface area (Å²) >= 11 is 6.50. The van der Waals surface area contributed by atoms with Crippen molar-refractivity contribution < 1.29 is 4.79 Å². The van der Waals surface area contributed by atoms with Crippen molar-refractivity contribution in [2.45, 2.75) is 25.3 Å². The van der Waals surface area contributed by atoms with Gasteiger partial charge in [0.25, 0.3) is 0 Å². The van der Waals surface area contributed by atoms with E-state index in [1.54, 1.807) is 0 Å². The number of aromatic nitrogens is 2. The summed E-state index contributed by atoms with van der Waals surface area (Å²) in [7, 11) is 1.97. The van der Waals surface area contributed by atoms with E-state index in [0.29, 0.717) is 18.1 Å². The first-order valence-electron chi connectivity index (χ1n) is 8.70. The van der Waals surface area contributed by atoms with Gasteiger partial charge in [-0.3, -0.25) is 9.48 Å². The zero-order valence-electron chi connectivity index (χ0n) is 14.3. The minimum absolute atomic E-state index is 0.0378. The lowest BCUT2D eigenvalue weighted by Crippen LogP contribution is -2.47. The summed E-state index contributed by atoms with van der Waals surface area (Å²) in [5.74, 6) is 0.0378. The maximum Gasteiger partial charge on any atom is 0.239 e. The second-order valence-corrected chi connectivity index (χ2v) is 7.14. The summed E-state index contributed by atoms with van der Waals surface area (Å²) in [4.78, 5) is 13.6. The number of fused-ring (bicyclic) bond motifs is 1. The predicted molar refractivity (Wildman–Crippen MR) is 99.2 cm³/mol. The van der Waals surface area contributed by atoms with E-state index in [1.165, 1.54) is 11.3 Å². The van der Waals surface area contributed by atoms with Crippen molar-refractivity contribution in [3.8, 4) is 0 Å². The first kappa shape index (κ1) is 16.3. The number of piperazine rings is 1. The molecule has 0 bridgehead atoms. The molecule has 132 valence electrons. The molecule has 2 aromatic rings. The van der Waals surface area contributed by atoms with Crippen molar-refractivity contribution >= 4 is 28.9 Å². The van der Waals surface area contributed by atoms with Crippen LogP contribution >= 0.6 is 11.6 Å². The quantitative estimate of drug-likeness (QED) is 0.884. The summed E-state index contributed by atoms with van der Waals surface area (Å²) in [5, 5.41) is 11.6. The van der Waals surface area contributed by atoms with Crippen LogP contribution in [0.25, 0.3) is 0 Å². The van der Waals surface area contributed by atoms with E-state index in [4.69, 9.17) is 11.6 Å². The molecule has 0 saturated carbocycles. The Bertz CT molecular complexity index is 803. The van der Waals surface area contributed by atoms with Gasteiger partial charge in [0.05, 0.1) is 29.0 Å². The van der Waals surface area contributed by atoms with E-state index in [9.17, 15) is 4.79 Å². The lowest BCUT2D eigenvalue weighted by Gasteiger charge is -2.30. The van der Waals surface area contributed by atoms with E-state index in [0.717, 1.165) is 37.2 Å². The van der Waals surface area contributed by atoms with Crippen LogP contribution in [0.2, 0.25) is 5.02 Å². The molecule has 25 heavy (non-hydrogen) atoms. The molecule has 7 heteroatoms. The average molecular weight is 360 g/mol. The molecular weight excluding hydrogens is 338 g/mol.